The van der Waals surface area contributed by atoms with Gasteiger partial charge in [-0.05, 0) is 12.8 Å². The topological polar surface area (TPSA) is 67.2 Å². The number of nitrogens with zero attached hydrogens (tertiary/aromatic N) is 3. The number of aryl methyl sites for hydroxylation is 1. The Kier molecular flexibility index (Phi) is 2.57. The zero-order chi connectivity index (χ0) is 12.7. The van der Waals surface area contributed by atoms with E-state index in [4.69, 9.17) is 0 Å². The molecule has 18 heavy (non-hydrogen) atoms. The van der Waals surface area contributed by atoms with Crippen LogP contribution in [0.2, 0.25) is 0 Å². The smallest absolute Gasteiger partial charge is 0.322 e. The van der Waals surface area contributed by atoms with Crippen LogP contribution < -0.4 is 5.32 Å². The van der Waals surface area contributed by atoms with Gasteiger partial charge in [0.25, 0.3) is 5.91 Å². The Morgan fingerprint density at radius 2 is 2.06 bits per heavy atom. The number of amides is 3. The number of rotatable bonds is 2. The SMILES string of the molecule is Cn1cc(C2NC(=O)N(C3CCCC3)C2=O)cn1. The summed E-state index contributed by atoms with van der Waals surface area (Å²) in [4.78, 5) is 25.7. The molecule has 1 aliphatic heterocycles. The van der Waals surface area contributed by atoms with Crippen molar-refractivity contribution < 1.29 is 9.59 Å². The minimum atomic E-state index is -0.563. The van der Waals surface area contributed by atoms with Gasteiger partial charge in [-0.3, -0.25) is 14.4 Å². The van der Waals surface area contributed by atoms with Crippen LogP contribution in [0.3, 0.4) is 0 Å². The maximum atomic E-state index is 12.3. The highest BCUT2D eigenvalue weighted by Crippen LogP contribution is 2.30. The zero-order valence-corrected chi connectivity index (χ0v) is 10.3. The molecule has 96 valence electrons. The summed E-state index contributed by atoms with van der Waals surface area (Å²) in [5, 5.41) is 6.78. The van der Waals surface area contributed by atoms with E-state index < -0.39 is 6.04 Å². The molecule has 1 aromatic rings. The maximum absolute atomic E-state index is 12.3. The van der Waals surface area contributed by atoms with E-state index >= 15 is 0 Å². The van der Waals surface area contributed by atoms with Crippen molar-refractivity contribution in [3.63, 3.8) is 0 Å². The summed E-state index contributed by atoms with van der Waals surface area (Å²) in [6, 6.07) is -0.744. The second-order valence-corrected chi connectivity index (χ2v) is 4.98. The van der Waals surface area contributed by atoms with Crippen molar-refractivity contribution in [1.29, 1.82) is 0 Å². The van der Waals surface area contributed by atoms with E-state index in [-0.39, 0.29) is 18.0 Å². The van der Waals surface area contributed by atoms with Gasteiger partial charge in [-0.25, -0.2) is 4.79 Å². The quantitative estimate of drug-likeness (QED) is 0.792. The van der Waals surface area contributed by atoms with Gasteiger partial charge in [-0.15, -0.1) is 0 Å². The van der Waals surface area contributed by atoms with E-state index in [1.165, 1.54) is 4.90 Å². The van der Waals surface area contributed by atoms with Crippen LogP contribution >= 0.6 is 0 Å². The third kappa shape index (κ3) is 1.68. The molecule has 0 aromatic carbocycles. The number of carbonyl (C=O) groups is 2. The van der Waals surface area contributed by atoms with Gasteiger partial charge in [-0.2, -0.15) is 5.10 Å². The Morgan fingerprint density at radius 1 is 1.33 bits per heavy atom. The molecule has 2 heterocycles. The molecule has 0 radical (unpaired) electrons. The van der Waals surface area contributed by atoms with Crippen LogP contribution in [0.1, 0.15) is 37.3 Å². The van der Waals surface area contributed by atoms with Gasteiger partial charge in [0.05, 0.1) is 6.20 Å². The van der Waals surface area contributed by atoms with Crippen LogP contribution in [0.5, 0.6) is 0 Å². The summed E-state index contributed by atoms with van der Waals surface area (Å²) in [6.45, 7) is 0. The molecule has 6 heteroatoms. The summed E-state index contributed by atoms with van der Waals surface area (Å²) in [5.74, 6) is -0.139. The molecule has 3 rings (SSSR count). The fourth-order valence-corrected chi connectivity index (χ4v) is 2.82. The van der Waals surface area contributed by atoms with Crippen LogP contribution in [0.4, 0.5) is 4.79 Å². The van der Waals surface area contributed by atoms with Crippen LogP contribution in [0.25, 0.3) is 0 Å². The fraction of sp³-hybridized carbons (Fsp3) is 0.583. The Labute approximate surface area is 105 Å². The first-order valence-electron chi connectivity index (χ1n) is 6.29. The third-order valence-corrected chi connectivity index (χ3v) is 3.72. The molecule has 1 saturated carbocycles. The van der Waals surface area contributed by atoms with Gasteiger partial charge >= 0.3 is 6.03 Å². The van der Waals surface area contributed by atoms with Crippen molar-refractivity contribution >= 4 is 11.9 Å². The number of nitrogens with one attached hydrogen (secondary N) is 1. The molecule has 2 fully saturated rings. The molecular weight excluding hydrogens is 232 g/mol. The summed E-state index contributed by atoms with van der Waals surface area (Å²) >= 11 is 0. The van der Waals surface area contributed by atoms with Crippen LogP contribution in [-0.2, 0) is 11.8 Å². The van der Waals surface area contributed by atoms with Gasteiger partial charge in [-0.1, -0.05) is 12.8 Å². The molecule has 1 saturated heterocycles. The van der Waals surface area contributed by atoms with Gasteiger partial charge in [0.2, 0.25) is 0 Å². The monoisotopic (exact) mass is 248 g/mol. The second-order valence-electron chi connectivity index (χ2n) is 4.98. The molecule has 0 spiro atoms. The molecule has 2 aliphatic rings. The average Bonchev–Trinajstić information content (AvgIpc) is 3.01. The van der Waals surface area contributed by atoms with Gasteiger partial charge < -0.3 is 5.32 Å². The van der Waals surface area contributed by atoms with Crippen LogP contribution in [0, 0.1) is 0 Å². The van der Waals surface area contributed by atoms with Crippen molar-refractivity contribution in [3.8, 4) is 0 Å². The fourth-order valence-electron chi connectivity index (χ4n) is 2.82. The summed E-state index contributed by atoms with van der Waals surface area (Å²) in [6.07, 6.45) is 7.44. The Balaban J connectivity index is 1.83. The van der Waals surface area contributed by atoms with Crippen LogP contribution in [0.15, 0.2) is 12.4 Å². The predicted molar refractivity (Wildman–Crippen MR) is 63.6 cm³/mol. The van der Waals surface area contributed by atoms with Crippen molar-refractivity contribution in [2.45, 2.75) is 37.8 Å². The normalized spacial score (nSPS) is 24.9. The maximum Gasteiger partial charge on any atom is 0.325 e. The molecule has 0 bridgehead atoms. The van der Waals surface area contributed by atoms with Gasteiger partial charge in [0.15, 0.2) is 0 Å². The van der Waals surface area contributed by atoms with Crippen LogP contribution in [-0.4, -0.2) is 32.7 Å². The number of imide groups is 1. The van der Waals surface area contributed by atoms with Gasteiger partial charge in [0, 0.05) is 24.8 Å². The number of hydrogen-bond donors (Lipinski definition) is 1. The Bertz CT molecular complexity index is 490. The number of urea groups is 1. The molecule has 1 atom stereocenters. The summed E-state index contributed by atoms with van der Waals surface area (Å²) in [5.41, 5.74) is 0.747. The lowest BCUT2D eigenvalue weighted by Gasteiger charge is -2.20. The highest BCUT2D eigenvalue weighted by Gasteiger charge is 2.43. The molecule has 1 N–H and O–H groups in total. The van der Waals surface area contributed by atoms with Gasteiger partial charge in [0.1, 0.15) is 6.04 Å². The van der Waals surface area contributed by atoms with Crippen molar-refractivity contribution in [3.05, 3.63) is 18.0 Å². The molecule has 1 unspecified atom stereocenters. The number of hydrogen-bond acceptors (Lipinski definition) is 3. The lowest BCUT2D eigenvalue weighted by Crippen LogP contribution is -2.38. The first-order chi connectivity index (χ1) is 8.66. The first kappa shape index (κ1) is 11.3. The van der Waals surface area contributed by atoms with E-state index in [9.17, 15) is 9.59 Å². The summed E-state index contributed by atoms with van der Waals surface area (Å²) < 4.78 is 1.63. The van der Waals surface area contributed by atoms with E-state index in [0.29, 0.717) is 0 Å². The van der Waals surface area contributed by atoms with E-state index in [1.54, 1.807) is 24.1 Å². The highest BCUT2D eigenvalue weighted by atomic mass is 16.2. The number of carbonyl (C=O) groups excluding carboxylic acids is 2. The highest BCUT2D eigenvalue weighted by molar-refractivity contribution is 6.04. The molecule has 1 aromatic heterocycles. The third-order valence-electron chi connectivity index (χ3n) is 3.72. The minimum Gasteiger partial charge on any atom is -0.322 e. The second kappa shape index (κ2) is 4.12. The number of aromatic nitrogens is 2. The standard InChI is InChI=1S/C12H16N4O2/c1-15-7-8(6-13-15)10-11(17)16(12(18)14-10)9-4-2-3-5-9/h6-7,9-10H,2-5H2,1H3,(H,14,18). The van der Waals surface area contributed by atoms with E-state index in [0.717, 1.165) is 31.2 Å². The molecule has 3 amide bonds. The molecular formula is C12H16N4O2. The predicted octanol–water partition coefficient (Wildman–Crippen LogP) is 0.956. The lowest BCUT2D eigenvalue weighted by molar-refractivity contribution is -0.129. The largest absolute Gasteiger partial charge is 0.325 e. The van der Waals surface area contributed by atoms with Crippen molar-refractivity contribution in [2.75, 3.05) is 0 Å². The summed E-state index contributed by atoms with van der Waals surface area (Å²) in [7, 11) is 1.79. The van der Waals surface area contributed by atoms with E-state index in [2.05, 4.69) is 10.4 Å². The lowest BCUT2D eigenvalue weighted by atomic mass is 10.1. The molecule has 6 nitrogen and oxygen atoms in total. The van der Waals surface area contributed by atoms with E-state index in [1.807, 2.05) is 0 Å². The first-order valence-corrected chi connectivity index (χ1v) is 6.29. The minimum absolute atomic E-state index is 0.0826. The van der Waals surface area contributed by atoms with Crippen molar-refractivity contribution in [2.24, 2.45) is 7.05 Å². The van der Waals surface area contributed by atoms with Crippen molar-refractivity contribution in [1.82, 2.24) is 20.0 Å². The Hall–Kier alpha value is -1.85. The zero-order valence-electron chi connectivity index (χ0n) is 10.3. The molecule has 1 aliphatic carbocycles. The average molecular weight is 248 g/mol. The Morgan fingerprint density at radius 3 is 2.67 bits per heavy atom.